The van der Waals surface area contributed by atoms with E-state index in [0.717, 1.165) is 44.4 Å². The molecule has 0 spiro atoms. The van der Waals surface area contributed by atoms with Gasteiger partial charge in [0.25, 0.3) is 0 Å². The van der Waals surface area contributed by atoms with Crippen LogP contribution in [0.1, 0.15) is 44.9 Å². The number of carbonyl (C=O) groups excluding carboxylic acids is 1. The van der Waals surface area contributed by atoms with E-state index in [-0.39, 0.29) is 11.3 Å². The minimum Gasteiger partial charge on any atom is -0.326 e. The molecule has 0 atom stereocenters. The number of nitrogens with zero attached hydrogens (tertiary/aromatic N) is 2. The summed E-state index contributed by atoms with van der Waals surface area (Å²) >= 11 is 1.64. The van der Waals surface area contributed by atoms with Gasteiger partial charge < -0.3 is 5.32 Å². The molecule has 148 valence electrons. The van der Waals surface area contributed by atoms with Crippen LogP contribution in [0.2, 0.25) is 0 Å². The number of anilines is 1. The Morgan fingerprint density at radius 2 is 1.83 bits per heavy atom. The zero-order valence-electron chi connectivity index (χ0n) is 16.4. The van der Waals surface area contributed by atoms with Crippen LogP contribution >= 0.6 is 11.3 Å². The van der Waals surface area contributed by atoms with Gasteiger partial charge in [0.05, 0.1) is 4.70 Å². The highest BCUT2D eigenvalue weighted by atomic mass is 32.1. The van der Waals surface area contributed by atoms with Crippen LogP contribution in [0.25, 0.3) is 20.9 Å². The number of hydrogen-bond acceptors (Lipinski definition) is 4. The van der Waals surface area contributed by atoms with Gasteiger partial charge in [-0.05, 0) is 86.0 Å². The minimum absolute atomic E-state index is 0.176. The molecule has 4 aliphatic carbocycles. The number of amides is 1. The molecule has 1 N–H and O–H groups in total. The van der Waals surface area contributed by atoms with E-state index >= 15 is 0 Å². The van der Waals surface area contributed by atoms with Crippen LogP contribution in [0.5, 0.6) is 0 Å². The highest BCUT2D eigenvalue weighted by Crippen LogP contribution is 2.61. The Labute approximate surface area is 174 Å². The molecule has 29 heavy (non-hydrogen) atoms. The number of pyridine rings is 1. The molecule has 4 nitrogen and oxygen atoms in total. The molecular formula is C24H25N3OS. The van der Waals surface area contributed by atoms with Crippen molar-refractivity contribution in [3.8, 4) is 10.6 Å². The smallest absolute Gasteiger partial charge is 0.224 e. The summed E-state index contributed by atoms with van der Waals surface area (Å²) in [6.45, 7) is 0. The maximum absolute atomic E-state index is 13.0. The summed E-state index contributed by atoms with van der Waals surface area (Å²) in [6.07, 6.45) is 10.5. The fraction of sp³-hybridized carbons (Fsp3) is 0.458. The van der Waals surface area contributed by atoms with Crippen LogP contribution in [-0.2, 0) is 4.79 Å². The standard InChI is InChI=1S/C24H25N3OS/c28-21(14-24-11-15-7-16(12-24)9-17(8-15)13-24)26-19-4-1-3-18(10-19)23-27-22-20(29-23)5-2-6-25-22/h1-6,10,15-17H,7-9,11-14H2,(H,26,28). The number of aromatic nitrogens is 2. The fourth-order valence-corrected chi connectivity index (χ4v) is 7.60. The van der Waals surface area contributed by atoms with Crippen LogP contribution in [0.4, 0.5) is 5.69 Å². The average Bonchev–Trinajstić information content (AvgIpc) is 3.11. The largest absolute Gasteiger partial charge is 0.326 e. The molecule has 2 aromatic heterocycles. The van der Waals surface area contributed by atoms with E-state index in [9.17, 15) is 4.79 Å². The lowest BCUT2D eigenvalue weighted by atomic mass is 9.49. The summed E-state index contributed by atoms with van der Waals surface area (Å²) in [5.41, 5.74) is 2.95. The first-order valence-corrected chi connectivity index (χ1v) is 11.6. The average molecular weight is 404 g/mol. The monoisotopic (exact) mass is 403 g/mol. The highest BCUT2D eigenvalue weighted by molar-refractivity contribution is 7.21. The summed E-state index contributed by atoms with van der Waals surface area (Å²) in [4.78, 5) is 21.9. The van der Waals surface area contributed by atoms with Gasteiger partial charge >= 0.3 is 0 Å². The van der Waals surface area contributed by atoms with Gasteiger partial charge in [0.1, 0.15) is 5.01 Å². The number of fused-ring (bicyclic) bond motifs is 1. The van der Waals surface area contributed by atoms with Gasteiger partial charge in [-0.3, -0.25) is 4.79 Å². The van der Waals surface area contributed by atoms with Crippen LogP contribution in [0.3, 0.4) is 0 Å². The van der Waals surface area contributed by atoms with E-state index in [4.69, 9.17) is 0 Å². The Hall–Kier alpha value is -2.27. The number of carbonyl (C=O) groups is 1. The van der Waals surface area contributed by atoms with Crippen molar-refractivity contribution in [3.63, 3.8) is 0 Å². The third kappa shape index (κ3) is 3.25. The van der Waals surface area contributed by atoms with Crippen LogP contribution in [0, 0.1) is 23.2 Å². The van der Waals surface area contributed by atoms with E-state index in [0.29, 0.717) is 6.42 Å². The second kappa shape index (κ2) is 6.63. The van der Waals surface area contributed by atoms with Crippen LogP contribution < -0.4 is 5.32 Å². The molecule has 0 radical (unpaired) electrons. The second-order valence-electron chi connectivity index (χ2n) is 9.57. The minimum atomic E-state index is 0.176. The Morgan fingerprint density at radius 3 is 2.55 bits per heavy atom. The van der Waals surface area contributed by atoms with Gasteiger partial charge in [0.15, 0.2) is 5.65 Å². The number of thiazole rings is 1. The van der Waals surface area contributed by atoms with Crippen molar-refractivity contribution in [3.05, 3.63) is 42.6 Å². The lowest BCUT2D eigenvalue weighted by Gasteiger charge is -2.56. The highest BCUT2D eigenvalue weighted by Gasteiger charge is 2.51. The molecule has 0 saturated heterocycles. The van der Waals surface area contributed by atoms with E-state index in [2.05, 4.69) is 15.3 Å². The predicted molar refractivity (Wildman–Crippen MR) is 117 cm³/mol. The Balaban J connectivity index is 1.19. The van der Waals surface area contributed by atoms with Crippen LogP contribution in [-0.4, -0.2) is 15.9 Å². The molecule has 4 bridgehead atoms. The molecule has 0 unspecified atom stereocenters. The maximum atomic E-state index is 13.0. The first-order chi connectivity index (χ1) is 14.1. The van der Waals surface area contributed by atoms with E-state index in [1.165, 1.54) is 38.5 Å². The Bertz CT molecular complexity index is 1020. The topological polar surface area (TPSA) is 54.9 Å². The summed E-state index contributed by atoms with van der Waals surface area (Å²) < 4.78 is 1.08. The molecule has 1 aromatic carbocycles. The van der Waals surface area contributed by atoms with Crippen molar-refractivity contribution in [2.75, 3.05) is 5.32 Å². The lowest BCUT2D eigenvalue weighted by molar-refractivity contribution is -0.124. The molecule has 4 fully saturated rings. The number of rotatable bonds is 4. The number of nitrogens with one attached hydrogen (secondary N) is 1. The van der Waals surface area contributed by atoms with E-state index in [1.54, 1.807) is 17.5 Å². The van der Waals surface area contributed by atoms with Gasteiger partial charge in [-0.15, -0.1) is 11.3 Å². The van der Waals surface area contributed by atoms with Gasteiger partial charge in [-0.25, -0.2) is 9.97 Å². The first kappa shape index (κ1) is 17.6. The molecule has 0 aliphatic heterocycles. The quantitative estimate of drug-likeness (QED) is 0.590. The van der Waals surface area contributed by atoms with Crippen molar-refractivity contribution in [1.82, 2.24) is 9.97 Å². The predicted octanol–water partition coefficient (Wildman–Crippen LogP) is 5.90. The van der Waals surface area contributed by atoms with Crippen molar-refractivity contribution in [1.29, 1.82) is 0 Å². The second-order valence-corrected chi connectivity index (χ2v) is 10.6. The molecule has 3 aromatic rings. The van der Waals surface area contributed by atoms with Crippen molar-refractivity contribution >= 4 is 33.3 Å². The summed E-state index contributed by atoms with van der Waals surface area (Å²) in [7, 11) is 0. The zero-order chi connectivity index (χ0) is 19.4. The summed E-state index contributed by atoms with van der Waals surface area (Å²) in [6, 6.07) is 12.0. The van der Waals surface area contributed by atoms with Gasteiger partial charge in [0, 0.05) is 23.9 Å². The number of hydrogen-bond donors (Lipinski definition) is 1. The Morgan fingerprint density at radius 1 is 1.07 bits per heavy atom. The molecule has 7 rings (SSSR count). The zero-order valence-corrected chi connectivity index (χ0v) is 17.3. The number of benzene rings is 1. The van der Waals surface area contributed by atoms with Crippen molar-refractivity contribution in [2.45, 2.75) is 44.9 Å². The summed E-state index contributed by atoms with van der Waals surface area (Å²) in [5, 5.41) is 4.12. The normalized spacial score (nSPS) is 30.0. The maximum Gasteiger partial charge on any atom is 0.224 e. The third-order valence-corrected chi connectivity index (χ3v) is 8.32. The summed E-state index contributed by atoms with van der Waals surface area (Å²) in [5.74, 6) is 2.81. The molecule has 1 amide bonds. The molecule has 2 heterocycles. The van der Waals surface area contributed by atoms with Crippen molar-refractivity contribution in [2.24, 2.45) is 23.2 Å². The van der Waals surface area contributed by atoms with Crippen LogP contribution in [0.15, 0.2) is 42.6 Å². The lowest BCUT2D eigenvalue weighted by Crippen LogP contribution is -2.47. The fourth-order valence-electron chi connectivity index (χ4n) is 6.67. The van der Waals surface area contributed by atoms with Gasteiger partial charge in [0.2, 0.25) is 5.91 Å². The first-order valence-electron chi connectivity index (χ1n) is 10.8. The SMILES string of the molecule is O=C(CC12CC3CC(CC(C3)C1)C2)Nc1cccc(-c2nc3ncccc3s2)c1. The molecular weight excluding hydrogens is 378 g/mol. The van der Waals surface area contributed by atoms with Gasteiger partial charge in [-0.2, -0.15) is 0 Å². The van der Waals surface area contributed by atoms with Gasteiger partial charge in [-0.1, -0.05) is 12.1 Å². The van der Waals surface area contributed by atoms with Crippen molar-refractivity contribution < 1.29 is 4.79 Å². The molecule has 4 saturated carbocycles. The third-order valence-electron chi connectivity index (χ3n) is 7.26. The molecule has 4 aliphatic rings. The van der Waals surface area contributed by atoms with E-state index < -0.39 is 0 Å². The molecule has 5 heteroatoms. The van der Waals surface area contributed by atoms with E-state index in [1.807, 2.05) is 36.4 Å². The Kier molecular flexibility index (Phi) is 4.02.